The average molecular weight is 449 g/mol. The lowest BCUT2D eigenvalue weighted by atomic mass is 10.1. The fourth-order valence-corrected chi connectivity index (χ4v) is 5.39. The second-order valence-electron chi connectivity index (χ2n) is 7.37. The van der Waals surface area contributed by atoms with Crippen LogP contribution in [0.15, 0.2) is 23.1 Å². The molecule has 0 N–H and O–H groups in total. The maximum atomic E-state index is 12.9. The summed E-state index contributed by atoms with van der Waals surface area (Å²) in [5, 5.41) is 0.407. The molecule has 0 unspecified atom stereocenters. The van der Waals surface area contributed by atoms with Crippen LogP contribution in [0.2, 0.25) is 10.0 Å². The summed E-state index contributed by atoms with van der Waals surface area (Å²) >= 11 is 12.0. The molecule has 0 saturated carbocycles. The Hall–Kier alpha value is -1.39. The lowest BCUT2D eigenvalue weighted by Crippen LogP contribution is -2.52. The van der Waals surface area contributed by atoms with Gasteiger partial charge < -0.3 is 4.90 Å². The van der Waals surface area contributed by atoms with Crippen LogP contribution >= 0.6 is 23.2 Å². The Morgan fingerprint density at radius 1 is 1.07 bits per heavy atom. The summed E-state index contributed by atoms with van der Waals surface area (Å²) in [5.74, 6) is -0.263. The van der Waals surface area contributed by atoms with Crippen molar-refractivity contribution in [1.82, 2.24) is 19.0 Å². The van der Waals surface area contributed by atoms with E-state index in [0.717, 1.165) is 0 Å². The lowest BCUT2D eigenvalue weighted by Gasteiger charge is -2.35. The average Bonchev–Trinajstić information content (AvgIpc) is 2.79. The number of likely N-dealkylation sites (N-methyl/N-ethyl adjacent to an activating group) is 1. The molecule has 0 bridgehead atoms. The van der Waals surface area contributed by atoms with E-state index < -0.39 is 15.6 Å². The van der Waals surface area contributed by atoms with Gasteiger partial charge in [-0.2, -0.15) is 4.31 Å². The molecule has 3 amide bonds. The number of imide groups is 1. The van der Waals surface area contributed by atoms with Crippen LogP contribution in [0.5, 0.6) is 0 Å². The third-order valence-corrected chi connectivity index (χ3v) is 7.92. The van der Waals surface area contributed by atoms with Crippen LogP contribution in [-0.2, 0) is 14.8 Å². The summed E-state index contributed by atoms with van der Waals surface area (Å²) in [7, 11) is -2.18. The first kappa shape index (κ1) is 21.3. The normalized spacial score (nSPS) is 21.6. The zero-order valence-electron chi connectivity index (χ0n) is 15.9. The predicted molar refractivity (Wildman–Crippen MR) is 106 cm³/mol. The molecule has 154 valence electrons. The molecule has 0 atom stereocenters. The van der Waals surface area contributed by atoms with Crippen molar-refractivity contribution in [3.05, 3.63) is 28.2 Å². The van der Waals surface area contributed by atoms with Crippen LogP contribution in [0.25, 0.3) is 0 Å². The predicted octanol–water partition coefficient (Wildman–Crippen LogP) is 1.93. The Labute approximate surface area is 174 Å². The van der Waals surface area contributed by atoms with Gasteiger partial charge in [0.15, 0.2) is 0 Å². The van der Waals surface area contributed by atoms with Gasteiger partial charge in [-0.3, -0.25) is 9.69 Å². The minimum absolute atomic E-state index is 0.0246. The van der Waals surface area contributed by atoms with E-state index in [1.165, 1.54) is 32.3 Å². The first-order valence-corrected chi connectivity index (χ1v) is 10.9. The van der Waals surface area contributed by atoms with E-state index in [9.17, 15) is 18.0 Å². The topological polar surface area (TPSA) is 81.2 Å². The second-order valence-corrected chi connectivity index (χ2v) is 10.1. The number of hydrogen-bond donors (Lipinski definition) is 0. The zero-order valence-corrected chi connectivity index (χ0v) is 18.2. The van der Waals surface area contributed by atoms with Gasteiger partial charge in [-0.25, -0.2) is 18.1 Å². The Morgan fingerprint density at radius 3 is 2.21 bits per heavy atom. The fourth-order valence-electron chi connectivity index (χ4n) is 3.23. The van der Waals surface area contributed by atoms with Gasteiger partial charge in [0, 0.05) is 38.2 Å². The van der Waals surface area contributed by atoms with E-state index in [2.05, 4.69) is 0 Å². The maximum Gasteiger partial charge on any atom is 0.328 e. The molecular formula is C17H22Cl2N4O4S. The van der Waals surface area contributed by atoms with Crippen molar-refractivity contribution in [1.29, 1.82) is 0 Å². The Kier molecular flexibility index (Phi) is 5.68. The van der Waals surface area contributed by atoms with Crippen LogP contribution in [-0.4, -0.2) is 84.8 Å². The molecule has 11 heteroatoms. The van der Waals surface area contributed by atoms with Crippen molar-refractivity contribution in [2.75, 3.05) is 39.9 Å². The Balaban J connectivity index is 1.67. The third-order valence-electron chi connectivity index (χ3n) is 5.31. The molecule has 8 nitrogen and oxygen atoms in total. The summed E-state index contributed by atoms with van der Waals surface area (Å²) in [6, 6.07) is 3.97. The van der Waals surface area contributed by atoms with E-state index in [0.29, 0.717) is 18.1 Å². The second kappa shape index (κ2) is 7.46. The zero-order chi connectivity index (χ0) is 20.9. The SMILES string of the molecule is CN1C(=O)N(CN2CCN(S(=O)(=O)c3cc(Cl)ccc3Cl)CC2)C(=O)C1(C)C. The minimum atomic E-state index is -3.78. The van der Waals surface area contributed by atoms with E-state index in [1.807, 2.05) is 4.90 Å². The number of rotatable bonds is 4. The highest BCUT2D eigenvalue weighted by Crippen LogP contribution is 2.29. The van der Waals surface area contributed by atoms with Crippen LogP contribution in [0.4, 0.5) is 4.79 Å². The highest BCUT2D eigenvalue weighted by Gasteiger charge is 2.49. The highest BCUT2D eigenvalue weighted by molar-refractivity contribution is 7.89. The Morgan fingerprint density at radius 2 is 1.68 bits per heavy atom. The van der Waals surface area contributed by atoms with Gasteiger partial charge in [0.05, 0.1) is 11.7 Å². The molecule has 1 aromatic carbocycles. The van der Waals surface area contributed by atoms with Gasteiger partial charge >= 0.3 is 6.03 Å². The number of halogens is 2. The molecule has 2 heterocycles. The molecule has 2 aliphatic rings. The van der Waals surface area contributed by atoms with Gasteiger partial charge in [0.1, 0.15) is 10.4 Å². The number of carbonyl (C=O) groups excluding carboxylic acids is 2. The van der Waals surface area contributed by atoms with Crippen LogP contribution in [0.3, 0.4) is 0 Å². The van der Waals surface area contributed by atoms with E-state index in [-0.39, 0.29) is 41.6 Å². The van der Waals surface area contributed by atoms with Crippen molar-refractivity contribution in [3.63, 3.8) is 0 Å². The molecule has 2 fully saturated rings. The van der Waals surface area contributed by atoms with Gasteiger partial charge in [-0.1, -0.05) is 23.2 Å². The largest absolute Gasteiger partial charge is 0.328 e. The van der Waals surface area contributed by atoms with Crippen molar-refractivity contribution >= 4 is 45.2 Å². The van der Waals surface area contributed by atoms with Crippen molar-refractivity contribution in [2.24, 2.45) is 0 Å². The number of benzene rings is 1. The molecule has 1 aromatic rings. The van der Waals surface area contributed by atoms with E-state index in [1.54, 1.807) is 20.9 Å². The number of nitrogens with zero attached hydrogens (tertiary/aromatic N) is 4. The molecule has 28 heavy (non-hydrogen) atoms. The first-order chi connectivity index (χ1) is 13.0. The van der Waals surface area contributed by atoms with Crippen LogP contribution < -0.4 is 0 Å². The van der Waals surface area contributed by atoms with E-state index >= 15 is 0 Å². The number of piperazine rings is 1. The third kappa shape index (κ3) is 3.61. The number of urea groups is 1. The number of amides is 3. The highest BCUT2D eigenvalue weighted by atomic mass is 35.5. The number of carbonyl (C=O) groups is 2. The van der Waals surface area contributed by atoms with Crippen LogP contribution in [0, 0.1) is 0 Å². The molecule has 0 radical (unpaired) electrons. The summed E-state index contributed by atoms with van der Waals surface area (Å²) in [6.07, 6.45) is 0. The molecule has 3 rings (SSSR count). The molecular weight excluding hydrogens is 427 g/mol. The minimum Gasteiger partial charge on any atom is -0.313 e. The summed E-state index contributed by atoms with van der Waals surface area (Å²) < 4.78 is 27.1. The molecule has 0 spiro atoms. The van der Waals surface area contributed by atoms with Gasteiger partial charge in [0.2, 0.25) is 10.0 Å². The smallest absolute Gasteiger partial charge is 0.313 e. The van der Waals surface area contributed by atoms with Crippen molar-refractivity contribution in [3.8, 4) is 0 Å². The van der Waals surface area contributed by atoms with E-state index in [4.69, 9.17) is 23.2 Å². The number of sulfonamides is 1. The molecule has 2 saturated heterocycles. The Bertz CT molecular complexity index is 914. The van der Waals surface area contributed by atoms with Gasteiger partial charge in [-0.05, 0) is 32.0 Å². The fraction of sp³-hybridized carbons (Fsp3) is 0.529. The lowest BCUT2D eigenvalue weighted by molar-refractivity contribution is -0.133. The quantitative estimate of drug-likeness (QED) is 0.657. The molecule has 0 aromatic heterocycles. The van der Waals surface area contributed by atoms with Crippen LogP contribution in [0.1, 0.15) is 13.8 Å². The summed E-state index contributed by atoms with van der Waals surface area (Å²) in [6.45, 7) is 4.76. The summed E-state index contributed by atoms with van der Waals surface area (Å²) in [4.78, 5) is 29.3. The molecule has 2 aliphatic heterocycles. The standard InChI is InChI=1S/C17H22Cl2N4O4S/c1-17(2)15(24)23(16(25)20(17)3)11-21-6-8-22(9-7-21)28(26,27)14-10-12(18)4-5-13(14)19/h4-5,10H,6-9,11H2,1-3H3. The molecule has 0 aliphatic carbocycles. The first-order valence-electron chi connectivity index (χ1n) is 8.73. The number of hydrogen-bond acceptors (Lipinski definition) is 5. The monoisotopic (exact) mass is 448 g/mol. The van der Waals surface area contributed by atoms with Gasteiger partial charge in [-0.15, -0.1) is 0 Å². The maximum absolute atomic E-state index is 12.9. The van der Waals surface area contributed by atoms with Crippen molar-refractivity contribution < 1.29 is 18.0 Å². The van der Waals surface area contributed by atoms with Gasteiger partial charge in [0.25, 0.3) is 5.91 Å². The summed E-state index contributed by atoms with van der Waals surface area (Å²) in [5.41, 5.74) is -0.883. The van der Waals surface area contributed by atoms with Crippen molar-refractivity contribution in [2.45, 2.75) is 24.3 Å².